The van der Waals surface area contributed by atoms with Crippen molar-refractivity contribution in [2.45, 2.75) is 19.3 Å². The van der Waals surface area contributed by atoms with Gasteiger partial charge in [0.05, 0.1) is 4.88 Å². The topological polar surface area (TPSA) is 40.6 Å². The van der Waals surface area contributed by atoms with Crippen LogP contribution in [0.4, 0.5) is 0 Å². The molecule has 124 valence electrons. The van der Waals surface area contributed by atoms with E-state index in [4.69, 9.17) is 0 Å². The highest BCUT2D eigenvalue weighted by Gasteiger charge is 2.28. The van der Waals surface area contributed by atoms with Crippen LogP contribution in [0.1, 0.15) is 37.6 Å². The second-order valence-corrected chi connectivity index (χ2v) is 7.31. The third-order valence-electron chi connectivity index (χ3n) is 4.96. The zero-order valence-corrected chi connectivity index (χ0v) is 14.3. The number of carbonyl (C=O) groups is 2. The van der Waals surface area contributed by atoms with Crippen LogP contribution in [0.5, 0.6) is 0 Å². The number of hydrogen-bond acceptors (Lipinski definition) is 3. The van der Waals surface area contributed by atoms with Gasteiger partial charge in [-0.1, -0.05) is 18.2 Å². The lowest BCUT2D eigenvalue weighted by molar-refractivity contribution is 0.0537. The number of thiophene rings is 1. The highest BCUT2D eigenvalue weighted by atomic mass is 32.1. The summed E-state index contributed by atoms with van der Waals surface area (Å²) in [5, 5.41) is 1.92. The molecule has 0 radical (unpaired) electrons. The smallest absolute Gasteiger partial charge is 0.264 e. The summed E-state index contributed by atoms with van der Waals surface area (Å²) >= 11 is 1.47. The van der Waals surface area contributed by atoms with Gasteiger partial charge in [-0.25, -0.2) is 0 Å². The van der Waals surface area contributed by atoms with Crippen molar-refractivity contribution in [2.24, 2.45) is 0 Å². The van der Waals surface area contributed by atoms with E-state index < -0.39 is 0 Å². The Kier molecular flexibility index (Phi) is 4.10. The number of benzene rings is 1. The van der Waals surface area contributed by atoms with Gasteiger partial charge in [-0.2, -0.15) is 0 Å². The van der Waals surface area contributed by atoms with Crippen molar-refractivity contribution < 1.29 is 9.59 Å². The summed E-state index contributed by atoms with van der Waals surface area (Å²) in [6.07, 6.45) is 3.23. The molecule has 0 spiro atoms. The second kappa shape index (κ2) is 6.40. The molecular formula is C19H20N2O2S. The molecule has 1 aliphatic heterocycles. The summed E-state index contributed by atoms with van der Waals surface area (Å²) in [7, 11) is 0. The summed E-state index contributed by atoms with van der Waals surface area (Å²) < 4.78 is 0. The van der Waals surface area contributed by atoms with Gasteiger partial charge in [0, 0.05) is 31.7 Å². The molecule has 0 atom stereocenters. The molecule has 2 aliphatic rings. The maximum Gasteiger partial charge on any atom is 0.264 e. The first-order chi connectivity index (χ1) is 11.7. The van der Waals surface area contributed by atoms with Gasteiger partial charge in [-0.3, -0.25) is 9.59 Å². The molecule has 24 heavy (non-hydrogen) atoms. The Morgan fingerprint density at radius 2 is 1.62 bits per heavy atom. The summed E-state index contributed by atoms with van der Waals surface area (Å²) in [6.45, 7) is 2.44. The third kappa shape index (κ3) is 2.73. The second-order valence-electron chi connectivity index (χ2n) is 6.36. The molecule has 5 heteroatoms. The van der Waals surface area contributed by atoms with E-state index >= 15 is 0 Å². The number of hydrogen-bond donors (Lipinski definition) is 0. The zero-order chi connectivity index (χ0) is 16.5. The first-order valence-electron chi connectivity index (χ1n) is 8.47. The van der Waals surface area contributed by atoms with Crippen molar-refractivity contribution in [1.29, 1.82) is 0 Å². The predicted molar refractivity (Wildman–Crippen MR) is 94.6 cm³/mol. The van der Waals surface area contributed by atoms with Gasteiger partial charge in [-0.15, -0.1) is 11.3 Å². The number of rotatable bonds is 2. The molecule has 0 N–H and O–H groups in total. The van der Waals surface area contributed by atoms with Crippen LogP contribution in [0, 0.1) is 0 Å². The molecule has 1 aromatic heterocycles. The van der Waals surface area contributed by atoms with Gasteiger partial charge in [-0.05, 0) is 47.9 Å². The number of piperazine rings is 1. The van der Waals surface area contributed by atoms with Crippen molar-refractivity contribution in [3.8, 4) is 0 Å². The fraction of sp³-hybridized carbons (Fsp3) is 0.368. The monoisotopic (exact) mass is 340 g/mol. The van der Waals surface area contributed by atoms with Gasteiger partial charge in [0.1, 0.15) is 0 Å². The van der Waals surface area contributed by atoms with Crippen molar-refractivity contribution >= 4 is 23.2 Å². The average molecular weight is 340 g/mol. The molecule has 4 nitrogen and oxygen atoms in total. The van der Waals surface area contributed by atoms with Gasteiger partial charge >= 0.3 is 0 Å². The molecule has 1 aromatic carbocycles. The Labute approximate surface area is 145 Å². The molecule has 2 heterocycles. The molecule has 1 aliphatic carbocycles. The molecule has 4 rings (SSSR count). The quantitative estimate of drug-likeness (QED) is 0.843. The Bertz CT molecular complexity index is 762. The largest absolute Gasteiger partial charge is 0.335 e. The lowest BCUT2D eigenvalue weighted by Gasteiger charge is -2.35. The van der Waals surface area contributed by atoms with Crippen LogP contribution in [0.15, 0.2) is 35.7 Å². The van der Waals surface area contributed by atoms with Crippen LogP contribution < -0.4 is 0 Å². The third-order valence-corrected chi connectivity index (χ3v) is 5.82. The lowest BCUT2D eigenvalue weighted by Crippen LogP contribution is -2.50. The maximum absolute atomic E-state index is 12.9. The SMILES string of the molecule is O=C(c1cccs1)N1CCN(C(=O)c2cccc3c2CCC3)CC1. The first kappa shape index (κ1) is 15.4. The molecule has 0 unspecified atom stereocenters. The number of carbonyl (C=O) groups excluding carboxylic acids is 2. The Balaban J connectivity index is 1.44. The molecule has 1 fully saturated rings. The molecular weight excluding hydrogens is 320 g/mol. The lowest BCUT2D eigenvalue weighted by atomic mass is 10.0. The van der Waals surface area contributed by atoms with Crippen molar-refractivity contribution in [3.63, 3.8) is 0 Å². The van der Waals surface area contributed by atoms with Crippen LogP contribution in [0.2, 0.25) is 0 Å². The van der Waals surface area contributed by atoms with E-state index in [9.17, 15) is 9.59 Å². The van der Waals surface area contributed by atoms with Crippen LogP contribution in [-0.4, -0.2) is 47.8 Å². The van der Waals surface area contributed by atoms with E-state index in [-0.39, 0.29) is 11.8 Å². The number of fused-ring (bicyclic) bond motifs is 1. The number of aryl methyl sites for hydroxylation is 1. The van der Waals surface area contributed by atoms with E-state index in [1.54, 1.807) is 0 Å². The minimum absolute atomic E-state index is 0.0812. The Morgan fingerprint density at radius 1 is 0.875 bits per heavy atom. The fourth-order valence-electron chi connectivity index (χ4n) is 3.66. The van der Waals surface area contributed by atoms with E-state index in [0.29, 0.717) is 26.2 Å². The average Bonchev–Trinajstić information content (AvgIpc) is 3.31. The zero-order valence-electron chi connectivity index (χ0n) is 13.5. The maximum atomic E-state index is 12.9. The minimum atomic E-state index is 0.0812. The predicted octanol–water partition coefficient (Wildman–Crippen LogP) is 2.84. The van der Waals surface area contributed by atoms with Crippen LogP contribution in [0.3, 0.4) is 0 Å². The highest BCUT2D eigenvalue weighted by Crippen LogP contribution is 2.26. The summed E-state index contributed by atoms with van der Waals surface area (Å²) in [5.74, 6) is 0.203. The normalized spacial score (nSPS) is 17.0. The minimum Gasteiger partial charge on any atom is -0.335 e. The van der Waals surface area contributed by atoms with Crippen LogP contribution >= 0.6 is 11.3 Å². The van der Waals surface area contributed by atoms with Gasteiger partial charge in [0.15, 0.2) is 0 Å². The van der Waals surface area contributed by atoms with Crippen LogP contribution in [0.25, 0.3) is 0 Å². The molecule has 0 saturated carbocycles. The summed E-state index contributed by atoms with van der Waals surface area (Å²) in [4.78, 5) is 29.8. The number of nitrogens with zero attached hydrogens (tertiary/aromatic N) is 2. The van der Waals surface area contributed by atoms with Crippen LogP contribution in [-0.2, 0) is 12.8 Å². The number of amides is 2. The summed E-state index contributed by atoms with van der Waals surface area (Å²) in [6, 6.07) is 9.84. The molecule has 2 amide bonds. The highest BCUT2D eigenvalue weighted by molar-refractivity contribution is 7.12. The van der Waals surface area contributed by atoms with Crippen molar-refractivity contribution in [2.75, 3.05) is 26.2 Å². The molecule has 1 saturated heterocycles. The standard InChI is InChI=1S/C19H20N2O2S/c22-18(16-7-2-5-14-4-1-6-15(14)16)20-9-11-21(12-10-20)19(23)17-8-3-13-24-17/h2-3,5,7-8,13H,1,4,6,9-12H2. The van der Waals surface area contributed by atoms with E-state index in [1.165, 1.54) is 22.5 Å². The van der Waals surface area contributed by atoms with Crippen molar-refractivity contribution in [3.05, 3.63) is 57.3 Å². The van der Waals surface area contributed by atoms with E-state index in [2.05, 4.69) is 6.07 Å². The fourth-order valence-corrected chi connectivity index (χ4v) is 4.35. The van der Waals surface area contributed by atoms with Gasteiger partial charge in [0.2, 0.25) is 0 Å². The molecule has 2 aromatic rings. The Morgan fingerprint density at radius 3 is 2.33 bits per heavy atom. The summed E-state index contributed by atoms with van der Waals surface area (Å²) in [5.41, 5.74) is 3.43. The van der Waals surface area contributed by atoms with E-state index in [0.717, 1.165) is 29.7 Å². The first-order valence-corrected chi connectivity index (χ1v) is 9.35. The van der Waals surface area contributed by atoms with E-state index in [1.807, 2.05) is 39.4 Å². The van der Waals surface area contributed by atoms with Gasteiger partial charge < -0.3 is 9.80 Å². The van der Waals surface area contributed by atoms with Gasteiger partial charge in [0.25, 0.3) is 11.8 Å². The van der Waals surface area contributed by atoms with Crippen molar-refractivity contribution in [1.82, 2.24) is 9.80 Å². The Hall–Kier alpha value is -2.14. The molecule has 0 bridgehead atoms.